The van der Waals surface area contributed by atoms with Crippen LogP contribution in [0, 0.1) is 0 Å². The van der Waals surface area contributed by atoms with E-state index < -0.39 is 0 Å². The van der Waals surface area contributed by atoms with Gasteiger partial charge in [0.2, 0.25) is 5.13 Å². The van der Waals surface area contributed by atoms with Gasteiger partial charge in [0, 0.05) is 4.75 Å². The zero-order valence-corrected chi connectivity index (χ0v) is 15.3. The molecule has 0 aromatic carbocycles. The van der Waals surface area contributed by atoms with Crippen molar-refractivity contribution in [3.63, 3.8) is 0 Å². The fraction of sp³-hybridized carbons (Fsp3) is 0.857. The van der Waals surface area contributed by atoms with Gasteiger partial charge >= 0.3 is 0 Å². The number of rotatable bonds is 11. The van der Waals surface area contributed by atoms with Crippen molar-refractivity contribution < 1.29 is 0 Å². The van der Waals surface area contributed by atoms with E-state index in [1.165, 1.54) is 62.7 Å². The van der Waals surface area contributed by atoms with Crippen molar-refractivity contribution in [2.24, 2.45) is 0 Å². The molecule has 0 saturated carbocycles. The molecule has 0 bridgehead atoms. The second-order valence-corrected chi connectivity index (χ2v) is 9.80. The number of hydrogen-bond donors (Lipinski definition) is 1. The molecule has 0 saturated heterocycles. The average Bonchev–Trinajstić information content (AvgIpc) is 2.81. The van der Waals surface area contributed by atoms with Crippen LogP contribution in [0.3, 0.4) is 0 Å². The third-order valence-corrected chi connectivity index (χ3v) is 7.55. The van der Waals surface area contributed by atoms with Crippen molar-refractivity contribution in [1.29, 1.82) is 0 Å². The second kappa shape index (κ2) is 9.90. The summed E-state index contributed by atoms with van der Waals surface area (Å²) in [6.45, 7) is 6.89. The molecule has 1 aromatic heterocycles. The highest BCUT2D eigenvalue weighted by molar-refractivity contribution is 8.77. The Kier molecular flexibility index (Phi) is 8.96. The fourth-order valence-corrected chi connectivity index (χ4v) is 5.14. The van der Waals surface area contributed by atoms with Crippen molar-refractivity contribution in [2.75, 3.05) is 5.73 Å². The van der Waals surface area contributed by atoms with E-state index in [0.29, 0.717) is 5.13 Å². The zero-order chi connectivity index (χ0) is 14.8. The van der Waals surface area contributed by atoms with E-state index in [9.17, 15) is 0 Å². The highest BCUT2D eigenvalue weighted by Crippen LogP contribution is 2.44. The summed E-state index contributed by atoms with van der Waals surface area (Å²) in [6, 6.07) is 0. The summed E-state index contributed by atoms with van der Waals surface area (Å²) < 4.78 is 1.24. The third-order valence-electron chi connectivity index (χ3n) is 3.14. The van der Waals surface area contributed by atoms with Crippen LogP contribution in [-0.4, -0.2) is 14.9 Å². The van der Waals surface area contributed by atoms with Crippen LogP contribution in [0.1, 0.15) is 72.1 Å². The topological polar surface area (TPSA) is 51.8 Å². The molecule has 0 aliphatic rings. The van der Waals surface area contributed by atoms with Gasteiger partial charge in [-0.2, -0.15) is 0 Å². The van der Waals surface area contributed by atoms with E-state index in [0.717, 1.165) is 4.34 Å². The van der Waals surface area contributed by atoms with E-state index in [1.807, 2.05) is 10.8 Å². The molecule has 0 atom stereocenters. The van der Waals surface area contributed by atoms with Crippen LogP contribution in [-0.2, 0) is 0 Å². The van der Waals surface area contributed by atoms with E-state index in [1.54, 1.807) is 10.8 Å². The van der Waals surface area contributed by atoms with Crippen molar-refractivity contribution in [1.82, 2.24) is 10.2 Å². The molecule has 0 spiro atoms. The number of hydrogen-bond acceptors (Lipinski definition) is 6. The molecule has 0 radical (unpaired) electrons. The van der Waals surface area contributed by atoms with Gasteiger partial charge in [-0.1, -0.05) is 74.0 Å². The van der Waals surface area contributed by atoms with Crippen LogP contribution in [0.15, 0.2) is 4.34 Å². The molecule has 1 heterocycles. The predicted octanol–water partition coefficient (Wildman–Crippen LogP) is 5.78. The molecular weight excluding hydrogens is 306 g/mol. The average molecular weight is 334 g/mol. The minimum Gasteiger partial charge on any atom is -0.374 e. The van der Waals surface area contributed by atoms with Crippen molar-refractivity contribution in [3.05, 3.63) is 0 Å². The minimum absolute atomic E-state index is 0.286. The van der Waals surface area contributed by atoms with E-state index in [2.05, 4.69) is 31.0 Å². The minimum atomic E-state index is 0.286. The second-order valence-electron chi connectivity index (χ2n) is 5.70. The van der Waals surface area contributed by atoms with E-state index in [-0.39, 0.29) is 4.75 Å². The lowest BCUT2D eigenvalue weighted by molar-refractivity contribution is 0.538. The molecule has 6 heteroatoms. The van der Waals surface area contributed by atoms with Gasteiger partial charge in [-0.05, 0) is 31.1 Å². The van der Waals surface area contributed by atoms with Gasteiger partial charge in [-0.3, -0.25) is 0 Å². The molecule has 1 rings (SSSR count). The van der Waals surface area contributed by atoms with Gasteiger partial charge < -0.3 is 5.73 Å². The fourth-order valence-electron chi connectivity index (χ4n) is 1.95. The summed E-state index contributed by atoms with van der Waals surface area (Å²) in [4.78, 5) is 0. The Labute approximate surface area is 135 Å². The quantitative estimate of drug-likeness (QED) is 0.411. The summed E-state index contributed by atoms with van der Waals surface area (Å²) in [5, 5.41) is 8.44. The van der Waals surface area contributed by atoms with Crippen LogP contribution in [0.5, 0.6) is 0 Å². The van der Waals surface area contributed by atoms with Crippen LogP contribution in [0.2, 0.25) is 0 Å². The lowest BCUT2D eigenvalue weighted by Crippen LogP contribution is -2.12. The summed E-state index contributed by atoms with van der Waals surface area (Å²) in [5.74, 6) is 0. The summed E-state index contributed by atoms with van der Waals surface area (Å²) in [5.41, 5.74) is 5.59. The maximum Gasteiger partial charge on any atom is 0.203 e. The molecule has 0 aliphatic heterocycles. The molecule has 0 amide bonds. The Hall–Kier alpha value is 0.0600. The Morgan fingerprint density at radius 1 is 1.05 bits per heavy atom. The molecule has 3 nitrogen and oxygen atoms in total. The Bertz CT molecular complexity index is 366. The molecule has 20 heavy (non-hydrogen) atoms. The van der Waals surface area contributed by atoms with Crippen LogP contribution in [0.25, 0.3) is 0 Å². The standard InChI is InChI=1S/C14H27N3S3/c1-4-5-6-7-8-9-10-11-14(2,3)20-19-13-17-16-12(15)18-13/h4-11H2,1-3H3,(H2,15,16). The molecule has 2 N–H and O–H groups in total. The van der Waals surface area contributed by atoms with Gasteiger partial charge in [0.15, 0.2) is 4.34 Å². The first-order valence-electron chi connectivity index (χ1n) is 7.48. The summed E-state index contributed by atoms with van der Waals surface area (Å²) in [7, 11) is 3.59. The van der Waals surface area contributed by atoms with E-state index >= 15 is 0 Å². The Morgan fingerprint density at radius 2 is 1.70 bits per heavy atom. The van der Waals surface area contributed by atoms with Gasteiger partial charge in [0.05, 0.1) is 0 Å². The molecule has 1 aromatic rings. The first-order chi connectivity index (χ1) is 9.53. The number of nitrogen functional groups attached to an aromatic ring is 1. The van der Waals surface area contributed by atoms with Gasteiger partial charge in [-0.15, -0.1) is 10.2 Å². The highest BCUT2D eigenvalue weighted by atomic mass is 33.1. The lowest BCUT2D eigenvalue weighted by atomic mass is 10.0. The third kappa shape index (κ3) is 8.37. The Balaban J connectivity index is 2.08. The molecule has 116 valence electrons. The van der Waals surface area contributed by atoms with Crippen molar-refractivity contribution in [3.8, 4) is 0 Å². The number of aromatic nitrogens is 2. The van der Waals surface area contributed by atoms with Crippen LogP contribution >= 0.6 is 32.9 Å². The zero-order valence-electron chi connectivity index (χ0n) is 12.9. The Morgan fingerprint density at radius 3 is 2.30 bits per heavy atom. The molecule has 0 aliphatic carbocycles. The monoisotopic (exact) mass is 333 g/mol. The first-order valence-corrected chi connectivity index (χ1v) is 10.4. The van der Waals surface area contributed by atoms with Crippen molar-refractivity contribution in [2.45, 2.75) is 81.2 Å². The molecule has 0 fully saturated rings. The summed E-state index contributed by atoms with van der Waals surface area (Å²) >= 11 is 1.47. The van der Waals surface area contributed by atoms with Crippen molar-refractivity contribution >= 4 is 38.1 Å². The molecule has 0 unspecified atom stereocenters. The summed E-state index contributed by atoms with van der Waals surface area (Å²) in [6.07, 6.45) is 10.9. The smallest absolute Gasteiger partial charge is 0.203 e. The number of unbranched alkanes of at least 4 members (excludes halogenated alkanes) is 6. The number of nitrogens with zero attached hydrogens (tertiary/aromatic N) is 2. The van der Waals surface area contributed by atoms with E-state index in [4.69, 9.17) is 5.73 Å². The predicted molar refractivity (Wildman–Crippen MR) is 94.5 cm³/mol. The van der Waals surface area contributed by atoms with Crippen LogP contribution in [0.4, 0.5) is 5.13 Å². The SMILES string of the molecule is CCCCCCCCCC(C)(C)SSc1nnc(N)s1. The number of nitrogens with two attached hydrogens (primary N) is 1. The van der Waals surface area contributed by atoms with Crippen LogP contribution < -0.4 is 5.73 Å². The van der Waals surface area contributed by atoms with Gasteiger partial charge in [0.25, 0.3) is 0 Å². The first kappa shape index (κ1) is 18.1. The maximum absolute atomic E-state index is 5.59. The molecular formula is C14H27N3S3. The largest absolute Gasteiger partial charge is 0.374 e. The lowest BCUT2D eigenvalue weighted by Gasteiger charge is -2.22. The number of anilines is 1. The van der Waals surface area contributed by atoms with Gasteiger partial charge in [-0.25, -0.2) is 0 Å². The highest BCUT2D eigenvalue weighted by Gasteiger charge is 2.19. The maximum atomic E-state index is 5.59. The normalized spacial score (nSPS) is 11.9. The van der Waals surface area contributed by atoms with Gasteiger partial charge in [0.1, 0.15) is 0 Å².